The molecule has 0 aromatic heterocycles. The van der Waals surface area contributed by atoms with Gasteiger partial charge in [-0.15, -0.1) is 0 Å². The molecule has 0 amide bonds. The van der Waals surface area contributed by atoms with Gasteiger partial charge in [-0.05, 0) is 17.8 Å². The number of carbonyl (C=O) groups excluding carboxylic acids is 1. The summed E-state index contributed by atoms with van der Waals surface area (Å²) in [7, 11) is 0. The molecule has 0 bridgehead atoms. The summed E-state index contributed by atoms with van der Waals surface area (Å²) >= 11 is 0. The van der Waals surface area contributed by atoms with Gasteiger partial charge in [0.2, 0.25) is 0 Å². The second-order valence-corrected chi connectivity index (χ2v) is 4.88. The Kier molecular flexibility index (Phi) is 3.03. The Balaban J connectivity index is 2.59. The van der Waals surface area contributed by atoms with Crippen LogP contribution in [0.4, 0.5) is 0 Å². The third-order valence-corrected chi connectivity index (χ3v) is 3.68. The molecule has 1 saturated carbocycles. The smallest absolute Gasteiger partial charge is 0.302 e. The van der Waals surface area contributed by atoms with Gasteiger partial charge in [-0.3, -0.25) is 4.79 Å². The summed E-state index contributed by atoms with van der Waals surface area (Å²) < 4.78 is 5.04. The van der Waals surface area contributed by atoms with E-state index in [1.165, 1.54) is 12.5 Å². The van der Waals surface area contributed by atoms with Crippen LogP contribution in [0.5, 0.6) is 0 Å². The predicted molar refractivity (Wildman–Crippen MR) is 56.8 cm³/mol. The van der Waals surface area contributed by atoms with Crippen molar-refractivity contribution in [3.8, 4) is 0 Å². The lowest BCUT2D eigenvalue weighted by atomic mass is 9.80. The molecular formula is C12H20O2. The molecule has 0 N–H and O–H groups in total. The van der Waals surface area contributed by atoms with E-state index in [0.29, 0.717) is 18.4 Å². The van der Waals surface area contributed by atoms with Crippen LogP contribution in [-0.4, -0.2) is 12.6 Å². The molecule has 0 aliphatic heterocycles. The molecule has 14 heavy (non-hydrogen) atoms. The highest BCUT2D eigenvalue weighted by atomic mass is 16.5. The first-order valence-electron chi connectivity index (χ1n) is 5.18. The largest absolute Gasteiger partial charge is 0.465 e. The molecule has 2 nitrogen and oxygen atoms in total. The summed E-state index contributed by atoms with van der Waals surface area (Å²) in [6.45, 7) is 12.7. The normalized spacial score (nSPS) is 30.4. The Morgan fingerprint density at radius 2 is 2.21 bits per heavy atom. The van der Waals surface area contributed by atoms with Crippen LogP contribution in [0, 0.1) is 17.3 Å². The second kappa shape index (κ2) is 3.76. The number of ether oxygens (including phenoxy) is 1. The van der Waals surface area contributed by atoms with Gasteiger partial charge in [-0.1, -0.05) is 32.9 Å². The lowest BCUT2D eigenvalue weighted by Gasteiger charge is -2.25. The number of carbonyl (C=O) groups is 1. The van der Waals surface area contributed by atoms with Crippen molar-refractivity contribution in [1.82, 2.24) is 0 Å². The second-order valence-electron chi connectivity index (χ2n) is 4.88. The zero-order valence-corrected chi connectivity index (χ0v) is 9.59. The molecule has 80 valence electrons. The Bertz CT molecular complexity index is 253. The molecular weight excluding hydrogens is 176 g/mol. The van der Waals surface area contributed by atoms with Crippen LogP contribution in [0.2, 0.25) is 0 Å². The quantitative estimate of drug-likeness (QED) is 0.501. The average Bonchev–Trinajstić information content (AvgIpc) is 2.26. The van der Waals surface area contributed by atoms with Crippen molar-refractivity contribution in [2.75, 3.05) is 6.61 Å². The molecule has 1 fully saturated rings. The maximum absolute atomic E-state index is 10.7. The highest BCUT2D eigenvalue weighted by Crippen LogP contribution is 2.49. The molecule has 0 aromatic carbocycles. The topological polar surface area (TPSA) is 26.3 Å². The number of hydrogen-bond acceptors (Lipinski definition) is 2. The van der Waals surface area contributed by atoms with Crippen LogP contribution in [0.15, 0.2) is 12.2 Å². The zero-order chi connectivity index (χ0) is 10.9. The zero-order valence-electron chi connectivity index (χ0n) is 9.59. The molecule has 1 rings (SSSR count). The van der Waals surface area contributed by atoms with E-state index >= 15 is 0 Å². The minimum absolute atomic E-state index is 0.185. The summed E-state index contributed by atoms with van der Waals surface area (Å²) in [6.07, 6.45) is 1.08. The van der Waals surface area contributed by atoms with E-state index in [1.807, 2.05) is 0 Å². The molecule has 1 aliphatic rings. The SMILES string of the molecule is C=C1[C@@H](COC(C)=O)C[C@H](C)C1(C)C. The third-order valence-electron chi connectivity index (χ3n) is 3.68. The van der Waals surface area contributed by atoms with Crippen LogP contribution in [-0.2, 0) is 9.53 Å². The summed E-state index contributed by atoms with van der Waals surface area (Å²) in [5, 5.41) is 0. The van der Waals surface area contributed by atoms with E-state index in [9.17, 15) is 4.79 Å². The minimum Gasteiger partial charge on any atom is -0.465 e. The van der Waals surface area contributed by atoms with Gasteiger partial charge in [0, 0.05) is 12.8 Å². The van der Waals surface area contributed by atoms with Crippen LogP contribution in [0.25, 0.3) is 0 Å². The molecule has 0 radical (unpaired) electrons. The number of hydrogen-bond donors (Lipinski definition) is 0. The van der Waals surface area contributed by atoms with E-state index in [1.54, 1.807) is 0 Å². The van der Waals surface area contributed by atoms with Gasteiger partial charge in [0.15, 0.2) is 0 Å². The molecule has 2 atom stereocenters. The van der Waals surface area contributed by atoms with E-state index < -0.39 is 0 Å². The highest BCUT2D eigenvalue weighted by molar-refractivity contribution is 5.65. The van der Waals surface area contributed by atoms with Gasteiger partial charge in [-0.25, -0.2) is 0 Å². The molecule has 2 heteroatoms. The van der Waals surface area contributed by atoms with Gasteiger partial charge >= 0.3 is 5.97 Å². The van der Waals surface area contributed by atoms with E-state index in [4.69, 9.17) is 4.74 Å². The van der Waals surface area contributed by atoms with Gasteiger partial charge in [-0.2, -0.15) is 0 Å². The lowest BCUT2D eigenvalue weighted by Crippen LogP contribution is -2.17. The van der Waals surface area contributed by atoms with Crippen molar-refractivity contribution < 1.29 is 9.53 Å². The molecule has 0 unspecified atom stereocenters. The maximum Gasteiger partial charge on any atom is 0.302 e. The lowest BCUT2D eigenvalue weighted by molar-refractivity contribution is -0.141. The maximum atomic E-state index is 10.7. The molecule has 0 saturated heterocycles. The first-order valence-corrected chi connectivity index (χ1v) is 5.18. The van der Waals surface area contributed by atoms with Crippen molar-refractivity contribution >= 4 is 5.97 Å². The Labute approximate surface area is 86.3 Å². The van der Waals surface area contributed by atoms with Crippen molar-refractivity contribution in [3.63, 3.8) is 0 Å². The van der Waals surface area contributed by atoms with Crippen LogP contribution in [0.1, 0.15) is 34.1 Å². The highest BCUT2D eigenvalue weighted by Gasteiger charge is 2.41. The van der Waals surface area contributed by atoms with Gasteiger partial charge in [0.25, 0.3) is 0 Å². The van der Waals surface area contributed by atoms with Crippen LogP contribution >= 0.6 is 0 Å². The van der Waals surface area contributed by atoms with E-state index in [-0.39, 0.29) is 11.4 Å². The Hall–Kier alpha value is -0.790. The van der Waals surface area contributed by atoms with Gasteiger partial charge in [0.05, 0.1) is 6.61 Å². The van der Waals surface area contributed by atoms with Crippen molar-refractivity contribution in [2.24, 2.45) is 17.3 Å². The van der Waals surface area contributed by atoms with Crippen molar-refractivity contribution in [1.29, 1.82) is 0 Å². The van der Waals surface area contributed by atoms with Crippen molar-refractivity contribution in [2.45, 2.75) is 34.1 Å². The van der Waals surface area contributed by atoms with Crippen LogP contribution in [0.3, 0.4) is 0 Å². The first-order chi connectivity index (χ1) is 6.35. The van der Waals surface area contributed by atoms with Gasteiger partial charge < -0.3 is 4.74 Å². The summed E-state index contributed by atoms with van der Waals surface area (Å²) in [5.74, 6) is 0.773. The standard InChI is InChI=1S/C12H20O2/c1-8-6-11(7-14-10(3)13)9(2)12(8,4)5/h8,11H,2,6-7H2,1,3-5H3/t8-,11+/m0/s1. The number of esters is 1. The van der Waals surface area contributed by atoms with E-state index in [0.717, 1.165) is 6.42 Å². The Morgan fingerprint density at radius 1 is 1.64 bits per heavy atom. The Morgan fingerprint density at radius 3 is 2.57 bits per heavy atom. The monoisotopic (exact) mass is 196 g/mol. The third kappa shape index (κ3) is 1.99. The molecule has 0 aromatic rings. The minimum atomic E-state index is -0.199. The van der Waals surface area contributed by atoms with Gasteiger partial charge in [0.1, 0.15) is 0 Å². The summed E-state index contributed by atoms with van der Waals surface area (Å²) in [4.78, 5) is 10.7. The molecule has 0 spiro atoms. The van der Waals surface area contributed by atoms with E-state index in [2.05, 4.69) is 27.4 Å². The predicted octanol–water partition coefficient (Wildman–Crippen LogP) is 2.79. The van der Waals surface area contributed by atoms with Crippen LogP contribution < -0.4 is 0 Å². The number of rotatable bonds is 2. The van der Waals surface area contributed by atoms with Crippen molar-refractivity contribution in [3.05, 3.63) is 12.2 Å². The fourth-order valence-corrected chi connectivity index (χ4v) is 2.09. The summed E-state index contributed by atoms with van der Waals surface area (Å²) in [5.41, 5.74) is 1.41. The fraction of sp³-hybridized carbons (Fsp3) is 0.750. The average molecular weight is 196 g/mol. The molecule has 1 aliphatic carbocycles. The first kappa shape index (κ1) is 11.3. The fourth-order valence-electron chi connectivity index (χ4n) is 2.09. The molecule has 0 heterocycles. The summed E-state index contributed by atoms with van der Waals surface area (Å²) in [6, 6.07) is 0.